The molecule has 114 valence electrons. The van der Waals surface area contributed by atoms with E-state index in [2.05, 4.69) is 0 Å². The Labute approximate surface area is 123 Å². The van der Waals surface area contributed by atoms with Crippen molar-refractivity contribution in [2.24, 2.45) is 0 Å². The van der Waals surface area contributed by atoms with Gasteiger partial charge in [-0.1, -0.05) is 0 Å². The summed E-state index contributed by atoms with van der Waals surface area (Å²) in [7, 11) is 0. The Morgan fingerprint density at radius 1 is 1.19 bits per heavy atom. The largest absolute Gasteiger partial charge is 0.508 e. The highest BCUT2D eigenvalue weighted by Gasteiger charge is 2.45. The molecule has 0 aromatic heterocycles. The minimum Gasteiger partial charge on any atom is -0.508 e. The number of rotatable bonds is 3. The third-order valence-electron chi connectivity index (χ3n) is 4.29. The van der Waals surface area contributed by atoms with Gasteiger partial charge in [-0.3, -0.25) is 0 Å². The lowest BCUT2D eigenvalue weighted by Gasteiger charge is -2.27. The molecule has 1 N–H and O–H groups in total. The quantitative estimate of drug-likeness (QED) is 0.861. The molecule has 0 bridgehead atoms. The Morgan fingerprint density at radius 3 is 2.52 bits per heavy atom. The second-order valence-electron chi connectivity index (χ2n) is 6.43. The molecule has 0 amide bonds. The van der Waals surface area contributed by atoms with Crippen LogP contribution in [0.15, 0.2) is 12.1 Å². The monoisotopic (exact) mass is 292 g/mol. The summed E-state index contributed by atoms with van der Waals surface area (Å²) in [4.78, 5) is 0. The molecule has 2 fully saturated rings. The van der Waals surface area contributed by atoms with Crippen LogP contribution in [-0.4, -0.2) is 42.4 Å². The maximum absolute atomic E-state index is 10.1. The van der Waals surface area contributed by atoms with Gasteiger partial charge in [-0.05, 0) is 26.0 Å². The van der Waals surface area contributed by atoms with Crippen LogP contribution >= 0.6 is 0 Å². The lowest BCUT2D eigenvalue weighted by molar-refractivity contribution is -0.145. The van der Waals surface area contributed by atoms with Crippen LogP contribution in [0.1, 0.15) is 25.0 Å². The van der Waals surface area contributed by atoms with Crippen molar-refractivity contribution in [1.29, 1.82) is 0 Å². The highest BCUT2D eigenvalue weighted by molar-refractivity contribution is 5.50. The zero-order valence-corrected chi connectivity index (χ0v) is 12.3. The van der Waals surface area contributed by atoms with E-state index in [1.54, 1.807) is 6.07 Å². The van der Waals surface area contributed by atoms with Crippen molar-refractivity contribution in [3.63, 3.8) is 0 Å². The summed E-state index contributed by atoms with van der Waals surface area (Å²) in [6.45, 7) is 5.19. The summed E-state index contributed by atoms with van der Waals surface area (Å²) < 4.78 is 22.9. The Morgan fingerprint density at radius 2 is 1.86 bits per heavy atom. The van der Waals surface area contributed by atoms with E-state index in [1.165, 1.54) is 0 Å². The van der Waals surface area contributed by atoms with Crippen LogP contribution in [0.3, 0.4) is 0 Å². The van der Waals surface area contributed by atoms with Gasteiger partial charge in [0.05, 0.1) is 18.8 Å². The molecule has 1 unspecified atom stereocenters. The summed E-state index contributed by atoms with van der Waals surface area (Å²) in [6.07, 6.45) is 1.61. The average molecular weight is 292 g/mol. The van der Waals surface area contributed by atoms with E-state index in [9.17, 15) is 5.11 Å². The summed E-state index contributed by atoms with van der Waals surface area (Å²) in [5.41, 5.74) is 1.96. The van der Waals surface area contributed by atoms with Crippen molar-refractivity contribution in [1.82, 2.24) is 0 Å². The van der Waals surface area contributed by atoms with E-state index in [0.29, 0.717) is 25.2 Å². The molecule has 5 heteroatoms. The average Bonchev–Trinajstić information content (AvgIpc) is 3.18. The van der Waals surface area contributed by atoms with Crippen LogP contribution in [0.5, 0.6) is 11.5 Å². The molecule has 2 saturated heterocycles. The minimum atomic E-state index is -0.560. The first-order valence-corrected chi connectivity index (χ1v) is 7.45. The molecule has 3 aliphatic rings. The smallest absolute Gasteiger partial charge is 0.163 e. The normalized spacial score (nSPS) is 32.4. The summed E-state index contributed by atoms with van der Waals surface area (Å²) in [6, 6.07) is 3.53. The first-order valence-electron chi connectivity index (χ1n) is 7.45. The van der Waals surface area contributed by atoms with Gasteiger partial charge in [0.2, 0.25) is 0 Å². The van der Waals surface area contributed by atoms with Crippen molar-refractivity contribution < 1.29 is 24.1 Å². The number of fused-ring (bicyclic) bond motifs is 2. The second kappa shape index (κ2) is 4.60. The third kappa shape index (κ3) is 2.50. The fraction of sp³-hybridized carbons (Fsp3) is 0.625. The molecule has 0 spiro atoms. The van der Waals surface area contributed by atoms with Crippen molar-refractivity contribution in [2.45, 2.75) is 50.8 Å². The summed E-state index contributed by atoms with van der Waals surface area (Å²) in [5.74, 6) is 0.576. The van der Waals surface area contributed by atoms with Gasteiger partial charge in [0.15, 0.2) is 5.79 Å². The molecule has 2 heterocycles. The topological polar surface area (TPSA) is 60.5 Å². The fourth-order valence-electron chi connectivity index (χ4n) is 3.25. The zero-order valence-electron chi connectivity index (χ0n) is 12.3. The lowest BCUT2D eigenvalue weighted by Crippen LogP contribution is -2.32. The third-order valence-corrected chi connectivity index (χ3v) is 4.29. The van der Waals surface area contributed by atoms with Crippen molar-refractivity contribution >= 4 is 0 Å². The zero-order chi connectivity index (χ0) is 14.6. The van der Waals surface area contributed by atoms with Crippen LogP contribution in [0, 0.1) is 0 Å². The molecular formula is C16H20O5. The van der Waals surface area contributed by atoms with E-state index in [0.717, 1.165) is 23.5 Å². The summed E-state index contributed by atoms with van der Waals surface area (Å²) in [5, 5.41) is 10.1. The number of phenols is 1. The standard InChI is InChI=1S/C16H20O5/c1-16(2)20-14-5-10-11(6-15(14)21-16)13(4-3-12(10)17)19-8-9-7-18-9/h3-4,9,14-15,17H,5-8H2,1-2H3/t9?,14-,15-/m0/s1. The molecule has 1 aromatic rings. The van der Waals surface area contributed by atoms with E-state index < -0.39 is 5.79 Å². The number of hydrogen-bond donors (Lipinski definition) is 1. The molecule has 21 heavy (non-hydrogen) atoms. The number of ether oxygens (including phenoxy) is 4. The van der Waals surface area contributed by atoms with Crippen molar-refractivity contribution in [2.75, 3.05) is 13.2 Å². The Kier molecular flexibility index (Phi) is 2.93. The lowest BCUT2D eigenvalue weighted by atomic mass is 9.86. The van der Waals surface area contributed by atoms with E-state index >= 15 is 0 Å². The minimum absolute atomic E-state index is 0.000385. The van der Waals surface area contributed by atoms with E-state index in [1.807, 2.05) is 19.9 Å². The first kappa shape index (κ1) is 13.4. The van der Waals surface area contributed by atoms with Crippen LogP contribution < -0.4 is 4.74 Å². The van der Waals surface area contributed by atoms with Gasteiger partial charge in [0, 0.05) is 24.0 Å². The van der Waals surface area contributed by atoms with Crippen molar-refractivity contribution in [3.8, 4) is 11.5 Å². The molecular weight excluding hydrogens is 272 g/mol. The van der Waals surface area contributed by atoms with Gasteiger partial charge >= 0.3 is 0 Å². The number of hydrogen-bond acceptors (Lipinski definition) is 5. The highest BCUT2D eigenvalue weighted by Crippen LogP contribution is 2.42. The molecule has 2 aliphatic heterocycles. The van der Waals surface area contributed by atoms with Crippen LogP contribution in [0.4, 0.5) is 0 Å². The highest BCUT2D eigenvalue weighted by atomic mass is 16.7. The fourth-order valence-corrected chi connectivity index (χ4v) is 3.25. The van der Waals surface area contributed by atoms with Gasteiger partial charge in [0.25, 0.3) is 0 Å². The predicted molar refractivity (Wildman–Crippen MR) is 74.6 cm³/mol. The SMILES string of the molecule is CC1(C)O[C@H]2Cc3c(O)ccc(OCC4CO4)c3C[C@@H]2O1. The number of epoxide rings is 1. The molecule has 0 radical (unpaired) electrons. The maximum Gasteiger partial charge on any atom is 0.163 e. The number of benzene rings is 1. The van der Waals surface area contributed by atoms with E-state index in [4.69, 9.17) is 18.9 Å². The summed E-state index contributed by atoms with van der Waals surface area (Å²) >= 11 is 0. The Bertz CT molecular complexity index is 564. The maximum atomic E-state index is 10.1. The molecule has 5 nitrogen and oxygen atoms in total. The number of phenolic OH excluding ortho intramolecular Hbond substituents is 1. The Hall–Kier alpha value is -1.30. The van der Waals surface area contributed by atoms with Crippen molar-refractivity contribution in [3.05, 3.63) is 23.3 Å². The second-order valence-corrected chi connectivity index (χ2v) is 6.43. The molecule has 0 saturated carbocycles. The Balaban J connectivity index is 1.62. The van der Waals surface area contributed by atoms with E-state index in [-0.39, 0.29) is 18.3 Å². The van der Waals surface area contributed by atoms with Gasteiger partial charge in [-0.15, -0.1) is 0 Å². The number of aromatic hydroxyl groups is 1. The van der Waals surface area contributed by atoms with Gasteiger partial charge < -0.3 is 24.1 Å². The van der Waals surface area contributed by atoms with Gasteiger partial charge in [-0.2, -0.15) is 0 Å². The van der Waals surface area contributed by atoms with Crippen LogP contribution in [0.25, 0.3) is 0 Å². The van der Waals surface area contributed by atoms with Gasteiger partial charge in [0.1, 0.15) is 24.2 Å². The molecule has 1 aliphatic carbocycles. The molecule has 4 rings (SSSR count). The molecule has 1 aromatic carbocycles. The molecule has 3 atom stereocenters. The van der Waals surface area contributed by atoms with Gasteiger partial charge in [-0.25, -0.2) is 0 Å². The van der Waals surface area contributed by atoms with Crippen LogP contribution in [-0.2, 0) is 27.1 Å². The van der Waals surface area contributed by atoms with Crippen LogP contribution in [0.2, 0.25) is 0 Å². The first-order chi connectivity index (χ1) is 10.0. The predicted octanol–water partition coefficient (Wildman–Crippen LogP) is 1.79.